The van der Waals surface area contributed by atoms with Crippen molar-refractivity contribution in [3.8, 4) is 0 Å². The molecule has 3 aromatic rings. The Bertz CT molecular complexity index is 712. The molecule has 0 fully saturated rings. The van der Waals surface area contributed by atoms with Gasteiger partial charge in [0.15, 0.2) is 0 Å². The summed E-state index contributed by atoms with van der Waals surface area (Å²) in [5.74, 6) is 0.858. The molecule has 0 saturated carbocycles. The lowest BCUT2D eigenvalue weighted by Crippen LogP contribution is -2.10. The number of rotatable bonds is 1. The van der Waals surface area contributed by atoms with Gasteiger partial charge in [0.2, 0.25) is 5.78 Å². The molecule has 0 aliphatic carbocycles. The van der Waals surface area contributed by atoms with E-state index >= 15 is 0 Å². The van der Waals surface area contributed by atoms with E-state index in [1.165, 1.54) is 5.56 Å². The molecule has 4 nitrogen and oxygen atoms in total. The van der Waals surface area contributed by atoms with Crippen LogP contribution in [0.5, 0.6) is 0 Å². The average molecular weight is 242 g/mol. The topological polar surface area (TPSA) is 59.1 Å². The zero-order valence-corrected chi connectivity index (χ0v) is 11.0. The van der Waals surface area contributed by atoms with Crippen LogP contribution in [0.4, 0.5) is 0 Å². The summed E-state index contributed by atoms with van der Waals surface area (Å²) >= 11 is 0. The standard InChI is InChI=1S/C14H18N4/c1-14(2,3)9-4-5-11-12(6-9)18-8-10(7-15)16-13(18)17-11/h4-6,8H,7,15H2,1-3H3,(H,16,17). The maximum absolute atomic E-state index is 5.64. The Morgan fingerprint density at radius 2 is 2.11 bits per heavy atom. The van der Waals surface area contributed by atoms with Gasteiger partial charge >= 0.3 is 0 Å². The first-order valence-corrected chi connectivity index (χ1v) is 6.19. The van der Waals surface area contributed by atoms with Crippen LogP contribution in [0, 0.1) is 0 Å². The highest BCUT2D eigenvalue weighted by atomic mass is 15.1. The number of fused-ring (bicyclic) bond motifs is 3. The number of hydrogen-bond acceptors (Lipinski definition) is 2. The third-order valence-electron chi connectivity index (χ3n) is 3.33. The molecule has 0 saturated heterocycles. The van der Waals surface area contributed by atoms with E-state index in [-0.39, 0.29) is 5.41 Å². The SMILES string of the molecule is CC(C)(C)c1ccc2nc3[nH]c(CN)cn3c2c1. The summed E-state index contributed by atoms with van der Waals surface area (Å²) < 4.78 is 2.08. The first-order valence-electron chi connectivity index (χ1n) is 6.19. The lowest BCUT2D eigenvalue weighted by Gasteiger charge is -2.18. The molecule has 94 valence electrons. The quantitative estimate of drug-likeness (QED) is 0.689. The Balaban J connectivity index is 2.29. The number of H-pyrrole nitrogens is 1. The molecule has 0 spiro atoms. The fourth-order valence-corrected chi connectivity index (χ4v) is 2.21. The van der Waals surface area contributed by atoms with Crippen LogP contribution in [0.3, 0.4) is 0 Å². The second kappa shape index (κ2) is 3.59. The van der Waals surface area contributed by atoms with E-state index in [1.807, 2.05) is 6.20 Å². The van der Waals surface area contributed by atoms with Gasteiger partial charge in [0.25, 0.3) is 0 Å². The number of nitrogens with one attached hydrogen (secondary N) is 1. The monoisotopic (exact) mass is 242 g/mol. The minimum atomic E-state index is 0.144. The number of nitrogens with two attached hydrogens (primary N) is 1. The van der Waals surface area contributed by atoms with Crippen LogP contribution in [0.15, 0.2) is 24.4 Å². The van der Waals surface area contributed by atoms with Crippen molar-refractivity contribution in [2.45, 2.75) is 32.7 Å². The number of hydrogen-bond donors (Lipinski definition) is 2. The molecule has 4 heteroatoms. The van der Waals surface area contributed by atoms with Gasteiger partial charge in [-0.25, -0.2) is 4.98 Å². The summed E-state index contributed by atoms with van der Waals surface area (Å²) in [5.41, 5.74) is 10.2. The van der Waals surface area contributed by atoms with Crippen LogP contribution in [-0.2, 0) is 12.0 Å². The van der Waals surface area contributed by atoms with Gasteiger partial charge in [-0.2, -0.15) is 0 Å². The van der Waals surface area contributed by atoms with Gasteiger partial charge in [0, 0.05) is 18.4 Å². The number of aromatic amines is 1. The number of imidazole rings is 2. The molecule has 0 aliphatic rings. The van der Waals surface area contributed by atoms with Crippen LogP contribution in [0.25, 0.3) is 16.8 Å². The van der Waals surface area contributed by atoms with E-state index in [9.17, 15) is 0 Å². The molecule has 0 aliphatic heterocycles. The summed E-state index contributed by atoms with van der Waals surface area (Å²) in [6.45, 7) is 7.16. The summed E-state index contributed by atoms with van der Waals surface area (Å²) in [7, 11) is 0. The van der Waals surface area contributed by atoms with Gasteiger partial charge in [-0.3, -0.25) is 4.40 Å². The van der Waals surface area contributed by atoms with Crippen molar-refractivity contribution in [2.75, 3.05) is 0 Å². The third kappa shape index (κ3) is 1.61. The summed E-state index contributed by atoms with van der Waals surface area (Å²) in [5, 5.41) is 0. The van der Waals surface area contributed by atoms with E-state index in [2.05, 4.69) is 53.3 Å². The van der Waals surface area contributed by atoms with E-state index in [1.54, 1.807) is 0 Å². The van der Waals surface area contributed by atoms with Crippen molar-refractivity contribution >= 4 is 16.8 Å². The highest BCUT2D eigenvalue weighted by Gasteiger charge is 2.16. The van der Waals surface area contributed by atoms with Gasteiger partial charge in [-0.1, -0.05) is 26.8 Å². The zero-order chi connectivity index (χ0) is 12.9. The van der Waals surface area contributed by atoms with Crippen LogP contribution < -0.4 is 5.73 Å². The highest BCUT2D eigenvalue weighted by molar-refractivity contribution is 5.80. The van der Waals surface area contributed by atoms with Gasteiger partial charge < -0.3 is 10.7 Å². The molecule has 0 unspecified atom stereocenters. The predicted octanol–water partition coefficient (Wildman–Crippen LogP) is 2.57. The zero-order valence-electron chi connectivity index (χ0n) is 11.0. The van der Waals surface area contributed by atoms with Crippen molar-refractivity contribution in [3.63, 3.8) is 0 Å². The Kier molecular flexibility index (Phi) is 2.25. The van der Waals surface area contributed by atoms with Gasteiger partial charge in [0.05, 0.1) is 11.0 Å². The largest absolute Gasteiger partial charge is 0.326 e. The van der Waals surface area contributed by atoms with Crippen molar-refractivity contribution in [1.82, 2.24) is 14.4 Å². The Morgan fingerprint density at radius 1 is 1.33 bits per heavy atom. The minimum absolute atomic E-state index is 0.144. The maximum atomic E-state index is 5.64. The second-order valence-corrected chi connectivity index (χ2v) is 5.74. The van der Waals surface area contributed by atoms with Gasteiger partial charge in [-0.05, 0) is 23.1 Å². The number of nitrogens with zero attached hydrogens (tertiary/aromatic N) is 2. The summed E-state index contributed by atoms with van der Waals surface area (Å²) in [6.07, 6.45) is 2.02. The van der Waals surface area contributed by atoms with Crippen molar-refractivity contribution in [2.24, 2.45) is 5.73 Å². The Labute approximate surface area is 106 Å². The number of benzene rings is 1. The molecule has 3 rings (SSSR count). The Hall–Kier alpha value is -1.81. The van der Waals surface area contributed by atoms with Gasteiger partial charge in [0.1, 0.15) is 0 Å². The first kappa shape index (κ1) is 11.3. The smallest absolute Gasteiger partial charge is 0.212 e. The summed E-state index contributed by atoms with van der Waals surface area (Å²) in [6, 6.07) is 6.45. The highest BCUT2D eigenvalue weighted by Crippen LogP contribution is 2.26. The van der Waals surface area contributed by atoms with Crippen molar-refractivity contribution in [1.29, 1.82) is 0 Å². The van der Waals surface area contributed by atoms with E-state index in [0.29, 0.717) is 6.54 Å². The Morgan fingerprint density at radius 3 is 2.78 bits per heavy atom. The molecular weight excluding hydrogens is 224 g/mol. The van der Waals surface area contributed by atoms with Gasteiger partial charge in [-0.15, -0.1) is 0 Å². The molecule has 0 atom stereocenters. The molecule has 18 heavy (non-hydrogen) atoms. The minimum Gasteiger partial charge on any atom is -0.326 e. The van der Waals surface area contributed by atoms with Crippen LogP contribution in [0.1, 0.15) is 32.0 Å². The fraction of sp³-hybridized carbons (Fsp3) is 0.357. The van der Waals surface area contributed by atoms with Crippen LogP contribution in [-0.4, -0.2) is 14.4 Å². The maximum Gasteiger partial charge on any atom is 0.212 e. The average Bonchev–Trinajstić information content (AvgIpc) is 2.83. The molecule has 0 bridgehead atoms. The molecule has 1 aromatic carbocycles. The number of aromatic nitrogens is 3. The van der Waals surface area contributed by atoms with Crippen LogP contribution in [0.2, 0.25) is 0 Å². The summed E-state index contributed by atoms with van der Waals surface area (Å²) in [4.78, 5) is 7.78. The third-order valence-corrected chi connectivity index (χ3v) is 3.33. The van der Waals surface area contributed by atoms with Crippen LogP contribution >= 0.6 is 0 Å². The predicted molar refractivity (Wildman–Crippen MR) is 73.6 cm³/mol. The van der Waals surface area contributed by atoms with E-state index in [4.69, 9.17) is 5.73 Å². The molecular formula is C14H18N4. The first-order chi connectivity index (χ1) is 8.49. The van der Waals surface area contributed by atoms with E-state index < -0.39 is 0 Å². The lowest BCUT2D eigenvalue weighted by atomic mass is 9.87. The molecule has 3 N–H and O–H groups in total. The van der Waals surface area contributed by atoms with Crippen molar-refractivity contribution < 1.29 is 0 Å². The normalized spacial score (nSPS) is 12.7. The molecule has 2 heterocycles. The molecule has 0 amide bonds. The lowest BCUT2D eigenvalue weighted by molar-refractivity contribution is 0.591. The fourth-order valence-electron chi connectivity index (χ4n) is 2.21. The molecule has 0 radical (unpaired) electrons. The van der Waals surface area contributed by atoms with Crippen molar-refractivity contribution in [3.05, 3.63) is 35.7 Å². The molecule has 2 aromatic heterocycles. The second-order valence-electron chi connectivity index (χ2n) is 5.74. The van der Waals surface area contributed by atoms with E-state index in [0.717, 1.165) is 22.5 Å².